The van der Waals surface area contributed by atoms with Crippen molar-refractivity contribution in [2.75, 3.05) is 10.6 Å². The van der Waals surface area contributed by atoms with Gasteiger partial charge in [-0.25, -0.2) is 0 Å². The maximum Gasteiger partial charge on any atom is 0.0706 e. The molecule has 0 amide bonds. The Balaban J connectivity index is 2.44. The Hall–Kier alpha value is -0.410. The third kappa shape index (κ3) is 2.55. The van der Waals surface area contributed by atoms with Crippen LogP contribution >= 0.6 is 27.5 Å². The second-order valence-electron chi connectivity index (χ2n) is 4.87. The molecule has 2 atom stereocenters. The molecule has 4 heteroatoms. The Bertz CT molecular complexity index is 389. The van der Waals surface area contributed by atoms with Crippen molar-refractivity contribution in [3.05, 3.63) is 21.6 Å². The summed E-state index contributed by atoms with van der Waals surface area (Å²) in [6.07, 6.45) is 3.73. The summed E-state index contributed by atoms with van der Waals surface area (Å²) in [4.78, 5) is 2.41. The summed E-state index contributed by atoms with van der Waals surface area (Å²) in [6, 6.07) is 4.80. The zero-order valence-corrected chi connectivity index (χ0v) is 12.6. The van der Waals surface area contributed by atoms with Crippen LogP contribution in [0.25, 0.3) is 0 Å². The van der Waals surface area contributed by atoms with Gasteiger partial charge in [0.05, 0.1) is 10.7 Å². The predicted molar refractivity (Wildman–Crippen MR) is 78.8 cm³/mol. The zero-order valence-electron chi connectivity index (χ0n) is 10.2. The van der Waals surface area contributed by atoms with Gasteiger partial charge in [-0.15, -0.1) is 0 Å². The fraction of sp³-hybridized carbons (Fsp3) is 0.538. The summed E-state index contributed by atoms with van der Waals surface area (Å²) in [7, 11) is 0. The van der Waals surface area contributed by atoms with E-state index >= 15 is 0 Å². The molecule has 94 valence electrons. The molecule has 1 fully saturated rings. The van der Waals surface area contributed by atoms with Crippen molar-refractivity contribution in [2.24, 2.45) is 0 Å². The molecule has 1 aliphatic rings. The average molecular weight is 318 g/mol. The summed E-state index contributed by atoms with van der Waals surface area (Å²) < 4.78 is 0.989. The topological polar surface area (TPSA) is 29.3 Å². The van der Waals surface area contributed by atoms with Crippen LogP contribution in [0.3, 0.4) is 0 Å². The molecule has 0 aliphatic carbocycles. The minimum absolute atomic E-state index is 0.524. The molecule has 1 saturated heterocycles. The van der Waals surface area contributed by atoms with Gasteiger partial charge in [0.2, 0.25) is 0 Å². The van der Waals surface area contributed by atoms with Crippen molar-refractivity contribution in [1.82, 2.24) is 0 Å². The van der Waals surface area contributed by atoms with Gasteiger partial charge < -0.3 is 10.6 Å². The number of nitrogens with two attached hydrogens (primary N) is 1. The summed E-state index contributed by atoms with van der Waals surface area (Å²) in [5.74, 6) is 0. The number of rotatable bonds is 1. The molecule has 0 bridgehead atoms. The van der Waals surface area contributed by atoms with Crippen LogP contribution in [-0.4, -0.2) is 12.1 Å². The monoisotopic (exact) mass is 316 g/mol. The van der Waals surface area contributed by atoms with Crippen molar-refractivity contribution in [3.63, 3.8) is 0 Å². The predicted octanol–water partition coefficient (Wildman–Crippen LogP) is 4.45. The lowest BCUT2D eigenvalue weighted by Crippen LogP contribution is -2.44. The van der Waals surface area contributed by atoms with Gasteiger partial charge in [0.1, 0.15) is 0 Å². The van der Waals surface area contributed by atoms with Crippen molar-refractivity contribution in [1.29, 1.82) is 0 Å². The van der Waals surface area contributed by atoms with Gasteiger partial charge in [0, 0.05) is 22.2 Å². The first-order chi connectivity index (χ1) is 8.00. The molecule has 1 aliphatic heterocycles. The van der Waals surface area contributed by atoms with Crippen LogP contribution in [0.4, 0.5) is 11.4 Å². The largest absolute Gasteiger partial charge is 0.399 e. The van der Waals surface area contributed by atoms with Gasteiger partial charge >= 0.3 is 0 Å². The van der Waals surface area contributed by atoms with Gasteiger partial charge in [0.25, 0.3) is 0 Å². The molecule has 2 rings (SSSR count). The van der Waals surface area contributed by atoms with E-state index in [-0.39, 0.29) is 0 Å². The van der Waals surface area contributed by atoms with Gasteiger partial charge in [-0.05, 0) is 61.2 Å². The van der Waals surface area contributed by atoms with Crippen molar-refractivity contribution in [2.45, 2.75) is 45.2 Å². The van der Waals surface area contributed by atoms with Gasteiger partial charge in [0.15, 0.2) is 0 Å². The molecular weight excluding hydrogens is 300 g/mol. The highest BCUT2D eigenvalue weighted by Crippen LogP contribution is 2.40. The molecular formula is C13H18BrClN2. The maximum absolute atomic E-state index is 6.35. The van der Waals surface area contributed by atoms with Crippen LogP contribution in [0.1, 0.15) is 33.1 Å². The van der Waals surface area contributed by atoms with E-state index < -0.39 is 0 Å². The first-order valence-corrected chi connectivity index (χ1v) is 7.20. The van der Waals surface area contributed by atoms with E-state index in [2.05, 4.69) is 34.7 Å². The first kappa shape index (κ1) is 13.0. The Morgan fingerprint density at radius 3 is 2.41 bits per heavy atom. The zero-order chi connectivity index (χ0) is 12.6. The molecule has 0 aromatic heterocycles. The third-order valence-corrected chi connectivity index (χ3v) is 4.38. The minimum Gasteiger partial charge on any atom is -0.399 e. The molecule has 17 heavy (non-hydrogen) atoms. The number of benzene rings is 1. The fourth-order valence-corrected chi connectivity index (χ4v) is 3.82. The summed E-state index contributed by atoms with van der Waals surface area (Å²) in [6.45, 7) is 4.52. The van der Waals surface area contributed by atoms with E-state index in [1.807, 2.05) is 12.1 Å². The number of hydrogen-bond donors (Lipinski definition) is 1. The molecule has 0 saturated carbocycles. The van der Waals surface area contributed by atoms with E-state index in [0.717, 1.165) is 15.2 Å². The van der Waals surface area contributed by atoms with E-state index in [1.165, 1.54) is 19.3 Å². The lowest BCUT2D eigenvalue weighted by atomic mass is 9.96. The van der Waals surface area contributed by atoms with Crippen molar-refractivity contribution in [3.8, 4) is 0 Å². The molecule has 2 nitrogen and oxygen atoms in total. The quantitative estimate of drug-likeness (QED) is 0.775. The Labute approximate surface area is 116 Å². The Morgan fingerprint density at radius 2 is 1.88 bits per heavy atom. The minimum atomic E-state index is 0.524. The number of nitrogen functional groups attached to an aromatic ring is 1. The summed E-state index contributed by atoms with van der Waals surface area (Å²) in [5, 5.41) is 0.734. The number of hydrogen-bond acceptors (Lipinski definition) is 2. The molecule has 1 aromatic carbocycles. The lowest BCUT2D eigenvalue weighted by Gasteiger charge is -2.42. The molecule has 2 N–H and O–H groups in total. The standard InChI is InChI=1S/C13H18BrClN2/c1-8-4-3-5-9(2)17(8)13-11(14)6-10(16)7-12(13)15/h6-9H,3-5,16H2,1-2H3/t8-,9-/m0/s1. The van der Waals surface area contributed by atoms with Crippen LogP contribution in [0.5, 0.6) is 0 Å². The lowest BCUT2D eigenvalue weighted by molar-refractivity contribution is 0.414. The van der Waals surface area contributed by atoms with Crippen LogP contribution in [-0.2, 0) is 0 Å². The van der Waals surface area contributed by atoms with Gasteiger partial charge in [-0.3, -0.25) is 0 Å². The van der Waals surface area contributed by atoms with Gasteiger partial charge in [-0.1, -0.05) is 11.6 Å². The van der Waals surface area contributed by atoms with Crippen molar-refractivity contribution < 1.29 is 0 Å². The Morgan fingerprint density at radius 1 is 1.29 bits per heavy atom. The molecule has 1 heterocycles. The highest BCUT2D eigenvalue weighted by molar-refractivity contribution is 9.10. The van der Waals surface area contributed by atoms with Crippen LogP contribution < -0.4 is 10.6 Å². The molecule has 1 aromatic rings. The number of piperidine rings is 1. The molecule has 0 spiro atoms. The van der Waals surface area contributed by atoms with E-state index in [4.69, 9.17) is 17.3 Å². The normalized spacial score (nSPS) is 25.1. The van der Waals surface area contributed by atoms with Crippen LogP contribution in [0.15, 0.2) is 16.6 Å². The first-order valence-electron chi connectivity index (χ1n) is 6.03. The van der Waals surface area contributed by atoms with E-state index in [1.54, 1.807) is 0 Å². The van der Waals surface area contributed by atoms with E-state index in [0.29, 0.717) is 17.8 Å². The third-order valence-electron chi connectivity index (χ3n) is 3.49. The number of halogens is 2. The summed E-state index contributed by atoms with van der Waals surface area (Å²) >= 11 is 9.93. The average Bonchev–Trinajstić information content (AvgIpc) is 2.21. The second kappa shape index (κ2) is 5.07. The number of anilines is 2. The second-order valence-corrected chi connectivity index (χ2v) is 6.13. The fourth-order valence-electron chi connectivity index (χ4n) is 2.69. The highest BCUT2D eigenvalue weighted by atomic mass is 79.9. The van der Waals surface area contributed by atoms with Crippen LogP contribution in [0.2, 0.25) is 5.02 Å². The summed E-state index contributed by atoms with van der Waals surface area (Å²) in [5.41, 5.74) is 7.58. The smallest absolute Gasteiger partial charge is 0.0706 e. The SMILES string of the molecule is C[C@H]1CCC[C@H](C)N1c1c(Cl)cc(N)cc1Br. The molecule has 0 unspecified atom stereocenters. The highest BCUT2D eigenvalue weighted by Gasteiger charge is 2.28. The number of nitrogens with zero attached hydrogens (tertiary/aromatic N) is 1. The van der Waals surface area contributed by atoms with Crippen LogP contribution in [0, 0.1) is 0 Å². The Kier molecular flexibility index (Phi) is 3.88. The van der Waals surface area contributed by atoms with Crippen molar-refractivity contribution >= 4 is 38.9 Å². The molecule has 0 radical (unpaired) electrons. The maximum atomic E-state index is 6.35. The van der Waals surface area contributed by atoms with E-state index in [9.17, 15) is 0 Å². The van der Waals surface area contributed by atoms with Gasteiger partial charge in [-0.2, -0.15) is 0 Å².